The third kappa shape index (κ3) is 106. The second-order valence-electron chi connectivity index (χ2n) is 29.4. The van der Waals surface area contributed by atoms with E-state index in [4.69, 9.17) is 200 Å². The lowest BCUT2D eigenvalue weighted by atomic mass is 10.1. The predicted molar refractivity (Wildman–Crippen MR) is 493 cm³/mol. The normalized spacial score (nSPS) is 14.0. The average molecular weight is 2050 g/mol. The van der Waals surface area contributed by atoms with Crippen LogP contribution in [0.25, 0.3) is 0 Å². The summed E-state index contributed by atoms with van der Waals surface area (Å²) < 4.78 is 226. The molecular formula is C90H182O49. The second-order valence-corrected chi connectivity index (χ2v) is 29.4. The van der Waals surface area contributed by atoms with Crippen molar-refractivity contribution in [1.82, 2.24) is 0 Å². The maximum Gasteiger partial charge on any atom is 0.104 e. The summed E-state index contributed by atoms with van der Waals surface area (Å²) in [6.45, 7) is 10.6. The summed E-state index contributed by atoms with van der Waals surface area (Å²) in [5, 5.41) is 101. The first-order chi connectivity index (χ1) is 68.8. The summed E-state index contributed by atoms with van der Waals surface area (Å²) in [6.07, 6.45) is -5.25. The van der Waals surface area contributed by atoms with Crippen LogP contribution in [-0.2, 0) is 180 Å². The number of ether oxygens (including phenoxy) is 38. The van der Waals surface area contributed by atoms with Gasteiger partial charge in [0, 0.05) is 19.3 Å². The van der Waals surface area contributed by atoms with E-state index in [0.717, 1.165) is 0 Å². The number of aliphatic hydroxyl groups is 11. The molecular weight excluding hydrogens is 1860 g/mol. The highest BCUT2D eigenvalue weighted by Gasteiger charge is 2.27. The Morgan fingerprint density at radius 1 is 0.0863 bits per heavy atom. The van der Waals surface area contributed by atoms with Crippen LogP contribution in [-0.4, -0.2) is 626 Å². The molecule has 0 aliphatic rings. The van der Waals surface area contributed by atoms with Crippen LogP contribution in [0, 0.1) is 0 Å². The third-order valence-corrected chi connectivity index (χ3v) is 17.9. The highest BCUT2D eigenvalue weighted by atomic mass is 16.7. The van der Waals surface area contributed by atoms with Gasteiger partial charge in [-0.25, -0.2) is 0 Å². The minimum absolute atomic E-state index is 0.000514. The highest BCUT2D eigenvalue weighted by molar-refractivity contribution is 4.74. The van der Waals surface area contributed by atoms with E-state index in [9.17, 15) is 35.7 Å². The Labute approximate surface area is 822 Å². The zero-order valence-corrected chi connectivity index (χ0v) is 82.9. The maximum absolute atomic E-state index is 9.35. The Morgan fingerprint density at radius 2 is 0.173 bits per heavy atom. The fourth-order valence-electron chi connectivity index (χ4n) is 11.5. The molecule has 0 fully saturated rings. The fraction of sp³-hybridized carbons (Fsp3) is 1.00. The van der Waals surface area contributed by atoms with E-state index in [1.807, 2.05) is 0 Å². The summed E-state index contributed by atoms with van der Waals surface area (Å²) in [7, 11) is 0. The van der Waals surface area contributed by atoms with Crippen LogP contribution in [0.2, 0.25) is 0 Å². The van der Waals surface area contributed by atoms with Crippen molar-refractivity contribution in [1.29, 1.82) is 0 Å². The first kappa shape index (κ1) is 137. The van der Waals surface area contributed by atoms with Gasteiger partial charge in [-0.1, -0.05) is 0 Å². The standard InChI is InChI=1S/C90H182O49/c91-1-12-102-23-34-113-45-47-124-76-88(137-64-55-121-42-31-110-20-9-99)78-128-74-86(135-62-53-119-40-29-108-18-7-97)68-84(133-60-51-117-38-27-106-16-5-95)72-126-70-82(131-58-49-115-36-25-104-14-3-93)67-83(132-59-50-116-37-26-105-15-4-94)71-127-73-85(134-61-52-118-39-28-107-17-6-96)69-87(136-63-54-120-41-30-109-19-8-98)75-129-80-90(139-66-57-123-44-33-112-22-11-101)81-130-79-89(138-65-56-122-43-32-111-21-10-100)77-125-48-46-114-35-24-103-13-2-92/h82-101H,1-81H2. The Hall–Kier alpha value is -1.96. The van der Waals surface area contributed by atoms with Gasteiger partial charge in [-0.2, -0.15) is 0 Å². The summed E-state index contributed by atoms with van der Waals surface area (Å²) in [6, 6.07) is 0. The summed E-state index contributed by atoms with van der Waals surface area (Å²) in [5.41, 5.74) is 0. The molecule has 139 heavy (non-hydrogen) atoms. The molecule has 0 aromatic heterocycles. The summed E-state index contributed by atoms with van der Waals surface area (Å²) in [5.74, 6) is 0. The molecule has 49 heteroatoms. The molecule has 836 valence electrons. The van der Waals surface area contributed by atoms with Gasteiger partial charge in [-0.15, -0.1) is 0 Å². The van der Waals surface area contributed by atoms with Crippen molar-refractivity contribution < 1.29 is 236 Å². The second kappa shape index (κ2) is 120. The van der Waals surface area contributed by atoms with E-state index in [0.29, 0.717) is 46.2 Å². The number of rotatable bonds is 127. The van der Waals surface area contributed by atoms with Crippen LogP contribution in [0.5, 0.6) is 0 Å². The molecule has 11 N–H and O–H groups in total. The predicted octanol–water partition coefficient (Wildman–Crippen LogP) is -4.98. The SMILES string of the molecule is OCCOCCOCCOCC(COCC(COCC(CC(COCC(CC(COCC(CC(COCC(COCCOCCOCCO)OCCOCCOCCO)OCCOCCOCCO)OCCOCCOCCO)OCCOCCOCCO)OCCOCCOCCO)OCCOCCOCCO)OCCOCCOCCO)OCCOCCOCCO)OCCOCCOCCO. The molecule has 49 nitrogen and oxygen atoms in total. The van der Waals surface area contributed by atoms with E-state index in [1.165, 1.54) is 0 Å². The van der Waals surface area contributed by atoms with E-state index < -0.39 is 54.9 Å². The molecule has 0 radical (unpaired) electrons. The van der Waals surface area contributed by atoms with Crippen LogP contribution in [0.3, 0.4) is 0 Å². The Balaban J connectivity index is 7.73. The quantitative estimate of drug-likeness (QED) is 0.0254. The minimum Gasteiger partial charge on any atom is -0.394 e. The van der Waals surface area contributed by atoms with Crippen LogP contribution in [0.15, 0.2) is 0 Å². The Morgan fingerprint density at radius 3 is 0.295 bits per heavy atom. The van der Waals surface area contributed by atoms with Crippen LogP contribution in [0.1, 0.15) is 19.3 Å². The Kier molecular flexibility index (Phi) is 118. The minimum atomic E-state index is -0.703. The molecule has 0 bridgehead atoms. The van der Waals surface area contributed by atoms with Crippen molar-refractivity contribution in [3.63, 3.8) is 0 Å². The first-order valence-corrected chi connectivity index (χ1v) is 48.8. The number of hydrogen-bond acceptors (Lipinski definition) is 49. The van der Waals surface area contributed by atoms with E-state index in [-0.39, 0.29) is 488 Å². The van der Waals surface area contributed by atoms with Crippen molar-refractivity contribution in [2.24, 2.45) is 0 Å². The number of hydrogen-bond donors (Lipinski definition) is 11. The average Bonchev–Trinajstić information content (AvgIpc) is 0.918. The lowest BCUT2D eigenvalue weighted by molar-refractivity contribution is -0.127. The van der Waals surface area contributed by atoms with E-state index >= 15 is 0 Å². The van der Waals surface area contributed by atoms with Crippen molar-refractivity contribution >= 4 is 0 Å². The van der Waals surface area contributed by atoms with E-state index in [2.05, 4.69) is 0 Å². The van der Waals surface area contributed by atoms with Gasteiger partial charge in [0.2, 0.25) is 0 Å². The van der Waals surface area contributed by atoms with Crippen molar-refractivity contribution in [2.75, 3.05) is 515 Å². The van der Waals surface area contributed by atoms with Crippen molar-refractivity contribution in [3.05, 3.63) is 0 Å². The monoisotopic (exact) mass is 2050 g/mol. The van der Waals surface area contributed by atoms with Crippen LogP contribution < -0.4 is 0 Å². The molecule has 0 spiro atoms. The van der Waals surface area contributed by atoms with E-state index in [1.54, 1.807) is 0 Å². The van der Waals surface area contributed by atoms with Gasteiger partial charge in [-0.3, -0.25) is 0 Å². The van der Waals surface area contributed by atoms with Gasteiger partial charge in [0.15, 0.2) is 0 Å². The molecule has 0 saturated carbocycles. The van der Waals surface area contributed by atoms with Gasteiger partial charge in [0.05, 0.1) is 552 Å². The topological polar surface area (TPSA) is 573 Å². The molecule has 0 aliphatic carbocycles. The molecule has 0 amide bonds. The summed E-state index contributed by atoms with van der Waals surface area (Å²) in [4.78, 5) is 0. The molecule has 0 saturated heterocycles. The third-order valence-electron chi connectivity index (χ3n) is 17.9. The molecule has 0 aliphatic heterocycles. The highest BCUT2D eigenvalue weighted by Crippen LogP contribution is 2.17. The molecule has 9 unspecified atom stereocenters. The Bertz CT molecular complexity index is 2230. The van der Waals surface area contributed by atoms with Gasteiger partial charge in [0.25, 0.3) is 0 Å². The summed E-state index contributed by atoms with van der Waals surface area (Å²) >= 11 is 0. The molecule has 0 heterocycles. The van der Waals surface area contributed by atoms with Gasteiger partial charge >= 0.3 is 0 Å². The van der Waals surface area contributed by atoms with Gasteiger partial charge < -0.3 is 236 Å². The zero-order chi connectivity index (χ0) is 100. The molecule has 9 atom stereocenters. The maximum atomic E-state index is 9.35. The van der Waals surface area contributed by atoms with Crippen molar-refractivity contribution in [3.8, 4) is 0 Å². The van der Waals surface area contributed by atoms with Crippen LogP contribution in [0.4, 0.5) is 0 Å². The zero-order valence-electron chi connectivity index (χ0n) is 82.9. The molecule has 0 aromatic carbocycles. The number of aliphatic hydroxyl groups excluding tert-OH is 11. The molecule has 0 rings (SSSR count). The van der Waals surface area contributed by atoms with Gasteiger partial charge in [-0.05, 0) is 0 Å². The largest absolute Gasteiger partial charge is 0.394 e. The smallest absolute Gasteiger partial charge is 0.104 e. The lowest BCUT2D eigenvalue weighted by Gasteiger charge is -2.28. The first-order valence-electron chi connectivity index (χ1n) is 48.8. The lowest BCUT2D eigenvalue weighted by Crippen LogP contribution is -2.37. The van der Waals surface area contributed by atoms with Gasteiger partial charge in [0.1, 0.15) is 18.3 Å². The molecule has 0 aromatic rings. The van der Waals surface area contributed by atoms with Crippen molar-refractivity contribution in [2.45, 2.75) is 74.2 Å². The fourth-order valence-corrected chi connectivity index (χ4v) is 11.5. The van der Waals surface area contributed by atoms with Crippen LogP contribution >= 0.6 is 0 Å².